The number of amidine groups is 1. The molecule has 0 aromatic carbocycles. The van der Waals surface area contributed by atoms with Gasteiger partial charge in [0.25, 0.3) is 5.91 Å². The van der Waals surface area contributed by atoms with E-state index in [4.69, 9.17) is 10.9 Å². The minimum Gasteiger partial charge on any atom is -0.409 e. The molecule has 1 rings (SSSR count). The van der Waals surface area contributed by atoms with Gasteiger partial charge in [0.05, 0.1) is 5.56 Å². The Labute approximate surface area is 105 Å². The lowest BCUT2D eigenvalue weighted by Crippen LogP contribution is -2.39. The lowest BCUT2D eigenvalue weighted by atomic mass is 10.2. The number of nitrogens with zero attached hydrogens (tertiary/aromatic N) is 4. The summed E-state index contributed by atoms with van der Waals surface area (Å²) in [5.74, 6) is -0.0749. The first-order chi connectivity index (χ1) is 8.56. The van der Waals surface area contributed by atoms with Gasteiger partial charge in [0.15, 0.2) is 0 Å². The van der Waals surface area contributed by atoms with Crippen LogP contribution in [0.1, 0.15) is 30.6 Å². The number of amides is 1. The zero-order chi connectivity index (χ0) is 13.5. The lowest BCUT2D eigenvalue weighted by molar-refractivity contribution is 0.0710. The highest BCUT2D eigenvalue weighted by Crippen LogP contribution is 2.07. The van der Waals surface area contributed by atoms with Crippen LogP contribution in [0.3, 0.4) is 0 Å². The predicted octanol–water partition coefficient (Wildman–Crippen LogP) is 0.464. The molecule has 1 amide bonds. The zero-order valence-corrected chi connectivity index (χ0v) is 10.4. The normalized spacial score (nSPS) is 11.6. The first-order valence-corrected chi connectivity index (χ1v) is 5.58. The van der Waals surface area contributed by atoms with Crippen molar-refractivity contribution in [1.29, 1.82) is 0 Å². The van der Waals surface area contributed by atoms with Gasteiger partial charge in [-0.3, -0.25) is 4.79 Å². The van der Waals surface area contributed by atoms with Crippen molar-refractivity contribution in [3.63, 3.8) is 0 Å². The van der Waals surface area contributed by atoms with Gasteiger partial charge in [-0.25, -0.2) is 9.97 Å². The molecule has 0 fully saturated rings. The summed E-state index contributed by atoms with van der Waals surface area (Å²) < 4.78 is 0. The van der Waals surface area contributed by atoms with E-state index in [2.05, 4.69) is 15.1 Å². The molecule has 0 radical (unpaired) electrons. The maximum atomic E-state index is 12.2. The van der Waals surface area contributed by atoms with Gasteiger partial charge in [0, 0.05) is 31.4 Å². The summed E-state index contributed by atoms with van der Waals surface area (Å²) in [6, 6.07) is 0.00389. The highest BCUT2D eigenvalue weighted by Gasteiger charge is 2.19. The largest absolute Gasteiger partial charge is 0.409 e. The third kappa shape index (κ3) is 3.69. The second kappa shape index (κ2) is 6.53. The minimum absolute atomic E-state index is 0.00389. The monoisotopic (exact) mass is 251 g/mol. The highest BCUT2D eigenvalue weighted by atomic mass is 16.4. The molecule has 1 aromatic rings. The number of carbonyl (C=O) groups excluding carboxylic acids is 1. The van der Waals surface area contributed by atoms with Crippen LogP contribution in [0.15, 0.2) is 23.9 Å². The molecule has 7 heteroatoms. The van der Waals surface area contributed by atoms with Gasteiger partial charge in [0.1, 0.15) is 12.2 Å². The average molecular weight is 251 g/mol. The van der Waals surface area contributed by atoms with Crippen LogP contribution in [0, 0.1) is 0 Å². The Morgan fingerprint density at radius 3 is 2.61 bits per heavy atom. The van der Waals surface area contributed by atoms with E-state index in [9.17, 15) is 4.79 Å². The second-order valence-electron chi connectivity index (χ2n) is 4.06. The molecule has 98 valence electrons. The fraction of sp³-hybridized carbons (Fsp3) is 0.455. The van der Waals surface area contributed by atoms with Crippen LogP contribution >= 0.6 is 0 Å². The van der Waals surface area contributed by atoms with Crippen molar-refractivity contribution >= 4 is 11.7 Å². The molecule has 0 saturated heterocycles. The molecular formula is C11H17N5O2. The van der Waals surface area contributed by atoms with Gasteiger partial charge in [-0.05, 0) is 13.8 Å². The van der Waals surface area contributed by atoms with E-state index in [1.807, 2.05) is 13.8 Å². The molecule has 0 aliphatic heterocycles. The molecular weight excluding hydrogens is 234 g/mol. The van der Waals surface area contributed by atoms with Gasteiger partial charge >= 0.3 is 0 Å². The van der Waals surface area contributed by atoms with Crippen LogP contribution < -0.4 is 5.73 Å². The van der Waals surface area contributed by atoms with Gasteiger partial charge in [0.2, 0.25) is 0 Å². The van der Waals surface area contributed by atoms with E-state index in [1.165, 1.54) is 18.7 Å². The second-order valence-corrected chi connectivity index (χ2v) is 4.06. The van der Waals surface area contributed by atoms with Gasteiger partial charge in [-0.15, -0.1) is 0 Å². The van der Waals surface area contributed by atoms with E-state index in [-0.39, 0.29) is 17.8 Å². The average Bonchev–Trinajstić information content (AvgIpc) is 2.39. The molecule has 7 nitrogen and oxygen atoms in total. The Morgan fingerprint density at radius 1 is 1.50 bits per heavy atom. The topological polar surface area (TPSA) is 105 Å². The number of nitrogens with two attached hydrogens (primary N) is 1. The van der Waals surface area contributed by atoms with Gasteiger partial charge < -0.3 is 15.8 Å². The Morgan fingerprint density at radius 2 is 2.11 bits per heavy atom. The molecule has 0 unspecified atom stereocenters. The van der Waals surface area contributed by atoms with Crippen LogP contribution in [-0.2, 0) is 0 Å². The van der Waals surface area contributed by atoms with E-state index in [1.54, 1.807) is 4.90 Å². The highest BCUT2D eigenvalue weighted by molar-refractivity contribution is 5.94. The molecule has 1 heterocycles. The quantitative estimate of drug-likeness (QED) is 0.342. The first-order valence-electron chi connectivity index (χ1n) is 5.58. The molecule has 3 N–H and O–H groups in total. The number of rotatable bonds is 5. The number of hydrogen-bond acceptors (Lipinski definition) is 5. The van der Waals surface area contributed by atoms with Crippen molar-refractivity contribution in [1.82, 2.24) is 14.9 Å². The summed E-state index contributed by atoms with van der Waals surface area (Å²) in [6.45, 7) is 4.17. The summed E-state index contributed by atoms with van der Waals surface area (Å²) in [4.78, 5) is 21.4. The van der Waals surface area contributed by atoms with Crippen LogP contribution in [0.5, 0.6) is 0 Å². The molecule has 0 spiro atoms. The van der Waals surface area contributed by atoms with Crippen molar-refractivity contribution in [2.24, 2.45) is 10.9 Å². The summed E-state index contributed by atoms with van der Waals surface area (Å²) in [5, 5.41) is 11.4. The van der Waals surface area contributed by atoms with Gasteiger partial charge in [-0.2, -0.15) is 0 Å². The Hall–Kier alpha value is -2.18. The molecule has 0 atom stereocenters. The SMILES string of the molecule is CC(C)N(CCC(N)=NO)C(=O)c1cncnc1. The number of aromatic nitrogens is 2. The fourth-order valence-corrected chi connectivity index (χ4v) is 1.45. The lowest BCUT2D eigenvalue weighted by Gasteiger charge is -2.26. The van der Waals surface area contributed by atoms with Crippen molar-refractivity contribution in [3.05, 3.63) is 24.3 Å². The minimum atomic E-state index is -0.170. The van der Waals surface area contributed by atoms with Crippen molar-refractivity contribution < 1.29 is 10.0 Å². The molecule has 0 saturated carbocycles. The summed E-state index contributed by atoms with van der Waals surface area (Å²) in [7, 11) is 0. The van der Waals surface area contributed by atoms with Crippen LogP contribution in [0.25, 0.3) is 0 Å². The zero-order valence-electron chi connectivity index (χ0n) is 10.4. The third-order valence-corrected chi connectivity index (χ3v) is 2.43. The predicted molar refractivity (Wildman–Crippen MR) is 66.2 cm³/mol. The molecule has 0 aliphatic carbocycles. The maximum absolute atomic E-state index is 12.2. The fourth-order valence-electron chi connectivity index (χ4n) is 1.45. The van der Waals surface area contributed by atoms with Crippen LogP contribution in [0.2, 0.25) is 0 Å². The molecule has 1 aromatic heterocycles. The molecule has 0 aliphatic rings. The molecule has 0 bridgehead atoms. The Balaban J connectivity index is 2.76. The summed E-state index contributed by atoms with van der Waals surface area (Å²) >= 11 is 0. The van der Waals surface area contributed by atoms with Crippen LogP contribution in [-0.4, -0.2) is 44.4 Å². The molecule has 18 heavy (non-hydrogen) atoms. The standard InChI is InChI=1S/C11H17N5O2/c1-8(2)16(4-3-10(12)15-18)11(17)9-5-13-7-14-6-9/h5-8,18H,3-4H2,1-2H3,(H2,12,15). The van der Waals surface area contributed by atoms with Crippen molar-refractivity contribution in [2.75, 3.05) is 6.54 Å². The Bertz CT molecular complexity index is 419. The number of carbonyl (C=O) groups is 1. The number of hydrogen-bond donors (Lipinski definition) is 2. The third-order valence-electron chi connectivity index (χ3n) is 2.43. The number of oxime groups is 1. The maximum Gasteiger partial charge on any atom is 0.257 e. The van der Waals surface area contributed by atoms with Gasteiger partial charge in [-0.1, -0.05) is 5.16 Å². The van der Waals surface area contributed by atoms with Crippen LogP contribution in [0.4, 0.5) is 0 Å². The first kappa shape index (κ1) is 13.9. The summed E-state index contributed by atoms with van der Waals surface area (Å²) in [5.41, 5.74) is 5.82. The van der Waals surface area contributed by atoms with E-state index >= 15 is 0 Å². The van der Waals surface area contributed by atoms with Crippen molar-refractivity contribution in [3.8, 4) is 0 Å². The van der Waals surface area contributed by atoms with E-state index < -0.39 is 0 Å². The van der Waals surface area contributed by atoms with Crippen molar-refractivity contribution in [2.45, 2.75) is 26.3 Å². The van der Waals surface area contributed by atoms with E-state index in [0.29, 0.717) is 18.5 Å². The smallest absolute Gasteiger partial charge is 0.257 e. The summed E-state index contributed by atoms with van der Waals surface area (Å²) in [6.07, 6.45) is 4.61. The van der Waals surface area contributed by atoms with E-state index in [0.717, 1.165) is 0 Å². The Kier molecular flexibility index (Phi) is 5.04.